The standard InChI is InChI=1S/C18H18Cl2FNO4S/c1-26-18(23)14-5-3-13(4-6-14)12-22(27(24,25)10-2-9-19)15-7-8-17(21)16(20)11-15/h3-8,11H,2,9-10,12H2,1H3. The number of hydrogen-bond acceptors (Lipinski definition) is 4. The minimum absolute atomic E-state index is 0.00592. The van der Waals surface area contributed by atoms with E-state index in [1.54, 1.807) is 24.3 Å². The third kappa shape index (κ3) is 5.57. The molecule has 0 aromatic heterocycles. The molecule has 0 heterocycles. The summed E-state index contributed by atoms with van der Waals surface area (Å²) in [4.78, 5) is 11.5. The number of carbonyl (C=O) groups excluding carboxylic acids is 1. The molecule has 0 aliphatic carbocycles. The number of sulfonamides is 1. The van der Waals surface area contributed by atoms with Crippen LogP contribution in [0, 0.1) is 5.82 Å². The van der Waals surface area contributed by atoms with Gasteiger partial charge in [-0.2, -0.15) is 0 Å². The molecule has 9 heteroatoms. The van der Waals surface area contributed by atoms with Crippen molar-refractivity contribution in [1.82, 2.24) is 0 Å². The average molecular weight is 434 g/mol. The topological polar surface area (TPSA) is 63.7 Å². The first-order chi connectivity index (χ1) is 12.8. The van der Waals surface area contributed by atoms with Gasteiger partial charge >= 0.3 is 5.97 Å². The lowest BCUT2D eigenvalue weighted by molar-refractivity contribution is 0.0600. The Hall–Kier alpha value is -1.83. The fraction of sp³-hybridized carbons (Fsp3) is 0.278. The van der Waals surface area contributed by atoms with Crippen LogP contribution in [0.3, 0.4) is 0 Å². The molecular formula is C18H18Cl2FNO4S. The molecule has 0 aliphatic rings. The number of esters is 1. The maximum atomic E-state index is 13.5. The summed E-state index contributed by atoms with van der Waals surface area (Å²) in [5.74, 6) is -1.09. The van der Waals surface area contributed by atoms with Gasteiger partial charge < -0.3 is 4.74 Å². The molecule has 0 radical (unpaired) electrons. The van der Waals surface area contributed by atoms with Gasteiger partial charge in [-0.3, -0.25) is 4.31 Å². The SMILES string of the molecule is COC(=O)c1ccc(CN(c2ccc(F)c(Cl)c2)S(=O)(=O)CCCCl)cc1. The van der Waals surface area contributed by atoms with Crippen molar-refractivity contribution in [2.45, 2.75) is 13.0 Å². The molecule has 0 N–H and O–H groups in total. The molecule has 0 saturated heterocycles. The van der Waals surface area contributed by atoms with Crippen molar-refractivity contribution in [1.29, 1.82) is 0 Å². The van der Waals surface area contributed by atoms with Crippen molar-refractivity contribution in [3.8, 4) is 0 Å². The highest BCUT2D eigenvalue weighted by atomic mass is 35.5. The van der Waals surface area contributed by atoms with Crippen molar-refractivity contribution in [3.63, 3.8) is 0 Å². The fourth-order valence-electron chi connectivity index (χ4n) is 2.37. The molecule has 27 heavy (non-hydrogen) atoms. The highest BCUT2D eigenvalue weighted by Crippen LogP contribution is 2.27. The smallest absolute Gasteiger partial charge is 0.337 e. The summed E-state index contributed by atoms with van der Waals surface area (Å²) in [6.45, 7) is -0.00592. The van der Waals surface area contributed by atoms with E-state index in [-0.39, 0.29) is 35.3 Å². The van der Waals surface area contributed by atoms with E-state index < -0.39 is 21.8 Å². The summed E-state index contributed by atoms with van der Waals surface area (Å²) < 4.78 is 44.8. The van der Waals surface area contributed by atoms with Gasteiger partial charge in [-0.05, 0) is 42.3 Å². The first kappa shape index (κ1) is 21.5. The van der Waals surface area contributed by atoms with E-state index >= 15 is 0 Å². The molecular weight excluding hydrogens is 416 g/mol. The summed E-state index contributed by atoms with van der Waals surface area (Å²) in [5, 5.41) is -0.175. The molecule has 0 bridgehead atoms. The molecule has 0 fully saturated rings. The summed E-state index contributed by atoms with van der Waals surface area (Å²) in [6, 6.07) is 10.1. The minimum Gasteiger partial charge on any atom is -0.465 e. The average Bonchev–Trinajstić information content (AvgIpc) is 2.66. The second-order valence-electron chi connectivity index (χ2n) is 5.65. The molecule has 2 aromatic carbocycles. The number of anilines is 1. The van der Waals surface area contributed by atoms with Crippen LogP contribution in [0.2, 0.25) is 5.02 Å². The quantitative estimate of drug-likeness (QED) is 0.461. The lowest BCUT2D eigenvalue weighted by atomic mass is 10.1. The van der Waals surface area contributed by atoms with E-state index in [4.69, 9.17) is 23.2 Å². The zero-order chi connectivity index (χ0) is 20.0. The first-order valence-electron chi connectivity index (χ1n) is 7.97. The number of alkyl halides is 1. The molecule has 0 atom stereocenters. The van der Waals surface area contributed by atoms with Gasteiger partial charge in [-0.1, -0.05) is 23.7 Å². The lowest BCUT2D eigenvalue weighted by Crippen LogP contribution is -2.32. The third-order valence-electron chi connectivity index (χ3n) is 3.76. The molecule has 0 aliphatic heterocycles. The minimum atomic E-state index is -3.72. The largest absolute Gasteiger partial charge is 0.465 e. The number of methoxy groups -OCH3 is 1. The number of halogens is 3. The molecule has 0 saturated carbocycles. The Kier molecular flexibility index (Phi) is 7.47. The molecule has 0 amide bonds. The Morgan fingerprint density at radius 3 is 2.41 bits per heavy atom. The number of carbonyl (C=O) groups is 1. The summed E-state index contributed by atoms with van der Waals surface area (Å²) in [6.07, 6.45) is 0.274. The van der Waals surface area contributed by atoms with Crippen molar-refractivity contribution < 1.29 is 22.3 Å². The van der Waals surface area contributed by atoms with Gasteiger partial charge in [0.2, 0.25) is 10.0 Å². The van der Waals surface area contributed by atoms with Crippen molar-refractivity contribution in [3.05, 3.63) is 64.4 Å². The Balaban J connectivity index is 2.37. The van der Waals surface area contributed by atoms with Crippen LogP contribution in [0.25, 0.3) is 0 Å². The Bertz CT molecular complexity index is 904. The van der Waals surface area contributed by atoms with E-state index in [1.165, 1.54) is 19.2 Å². The summed E-state index contributed by atoms with van der Waals surface area (Å²) in [7, 11) is -2.44. The van der Waals surface area contributed by atoms with Gasteiger partial charge in [0.15, 0.2) is 0 Å². The Morgan fingerprint density at radius 1 is 1.19 bits per heavy atom. The van der Waals surface area contributed by atoms with Gasteiger partial charge in [0.25, 0.3) is 0 Å². The van der Waals surface area contributed by atoms with Crippen LogP contribution in [0.5, 0.6) is 0 Å². The normalized spacial score (nSPS) is 11.3. The number of hydrogen-bond donors (Lipinski definition) is 0. The Morgan fingerprint density at radius 2 is 1.85 bits per heavy atom. The summed E-state index contributed by atoms with van der Waals surface area (Å²) in [5.41, 5.74) is 1.23. The van der Waals surface area contributed by atoms with Gasteiger partial charge in [0.1, 0.15) is 5.82 Å². The van der Waals surface area contributed by atoms with Gasteiger partial charge in [-0.25, -0.2) is 17.6 Å². The van der Waals surface area contributed by atoms with Crippen LogP contribution in [0.15, 0.2) is 42.5 Å². The highest BCUT2D eigenvalue weighted by Gasteiger charge is 2.23. The van der Waals surface area contributed by atoms with Crippen LogP contribution >= 0.6 is 23.2 Å². The van der Waals surface area contributed by atoms with E-state index in [1.807, 2.05) is 0 Å². The molecule has 5 nitrogen and oxygen atoms in total. The van der Waals surface area contributed by atoms with E-state index in [2.05, 4.69) is 4.74 Å². The predicted molar refractivity (Wildman–Crippen MR) is 104 cm³/mol. The highest BCUT2D eigenvalue weighted by molar-refractivity contribution is 7.92. The monoisotopic (exact) mass is 433 g/mol. The molecule has 146 valence electrons. The van der Waals surface area contributed by atoms with Crippen LogP contribution in [0.1, 0.15) is 22.3 Å². The van der Waals surface area contributed by atoms with E-state index in [9.17, 15) is 17.6 Å². The Labute approximate surface area is 167 Å². The van der Waals surface area contributed by atoms with Crippen molar-refractivity contribution in [2.75, 3.05) is 23.0 Å². The summed E-state index contributed by atoms with van der Waals surface area (Å²) >= 11 is 11.4. The van der Waals surface area contributed by atoms with Crippen LogP contribution < -0.4 is 4.31 Å². The molecule has 0 unspecified atom stereocenters. The molecule has 2 rings (SSSR count). The zero-order valence-electron chi connectivity index (χ0n) is 14.5. The van der Waals surface area contributed by atoms with Crippen LogP contribution in [0.4, 0.5) is 10.1 Å². The van der Waals surface area contributed by atoms with E-state index in [0.29, 0.717) is 11.1 Å². The number of rotatable bonds is 8. The van der Waals surface area contributed by atoms with Crippen molar-refractivity contribution >= 4 is 44.9 Å². The van der Waals surface area contributed by atoms with Crippen LogP contribution in [-0.2, 0) is 21.3 Å². The predicted octanol–water partition coefficient (Wildman–Crippen LogP) is 4.23. The van der Waals surface area contributed by atoms with Gasteiger partial charge in [0, 0.05) is 5.88 Å². The third-order valence-corrected chi connectivity index (χ3v) is 6.14. The second kappa shape index (κ2) is 9.39. The number of ether oxygens (including phenoxy) is 1. The molecule has 0 spiro atoms. The van der Waals surface area contributed by atoms with Gasteiger partial charge in [0.05, 0.1) is 35.7 Å². The number of nitrogens with zero attached hydrogens (tertiary/aromatic N) is 1. The van der Waals surface area contributed by atoms with Crippen molar-refractivity contribution in [2.24, 2.45) is 0 Å². The van der Waals surface area contributed by atoms with Gasteiger partial charge in [-0.15, -0.1) is 11.6 Å². The first-order valence-corrected chi connectivity index (χ1v) is 10.5. The second-order valence-corrected chi connectivity index (χ2v) is 8.45. The fourth-order valence-corrected chi connectivity index (χ4v) is 4.34. The molecule has 2 aromatic rings. The zero-order valence-corrected chi connectivity index (χ0v) is 16.8. The van der Waals surface area contributed by atoms with Crippen LogP contribution in [-0.4, -0.2) is 33.1 Å². The maximum absolute atomic E-state index is 13.5. The number of benzene rings is 2. The van der Waals surface area contributed by atoms with E-state index in [0.717, 1.165) is 10.4 Å². The maximum Gasteiger partial charge on any atom is 0.337 e. The lowest BCUT2D eigenvalue weighted by Gasteiger charge is -2.25.